The fraction of sp³-hybridized carbons (Fsp3) is 0.750. The Morgan fingerprint density at radius 1 is 1.24 bits per heavy atom. The van der Waals surface area contributed by atoms with Crippen LogP contribution in [0.3, 0.4) is 0 Å². The van der Waals surface area contributed by atoms with E-state index in [4.69, 9.17) is 16.1 Å². The molecule has 144 valence electrons. The average molecular weight is 411 g/mol. The maximum atomic E-state index is 12.2. The lowest BCUT2D eigenvalue weighted by atomic mass is 10.2. The van der Waals surface area contributed by atoms with Crippen LogP contribution in [-0.4, -0.2) is 28.2 Å². The summed E-state index contributed by atoms with van der Waals surface area (Å²) in [6, 6.07) is 0. The number of rotatable bonds is 10. The van der Waals surface area contributed by atoms with Gasteiger partial charge in [-0.25, -0.2) is 4.79 Å². The summed E-state index contributed by atoms with van der Waals surface area (Å²) in [5.74, 6) is 1.12. The monoisotopic (exact) mass is 410 g/mol. The van der Waals surface area contributed by atoms with Gasteiger partial charge < -0.3 is 4.52 Å². The summed E-state index contributed by atoms with van der Waals surface area (Å²) in [6.45, 7) is 5.84. The molecule has 25 heavy (non-hydrogen) atoms. The van der Waals surface area contributed by atoms with Crippen LogP contribution in [0.5, 0.6) is 0 Å². The molecule has 0 aliphatic heterocycles. The van der Waals surface area contributed by atoms with Crippen molar-refractivity contribution < 1.29 is 9.09 Å². The van der Waals surface area contributed by atoms with E-state index in [0.717, 1.165) is 29.6 Å². The number of unbranched alkanes of at least 4 members (excludes halogenated alkanes) is 2. The zero-order valence-electron chi connectivity index (χ0n) is 15.6. The van der Waals surface area contributed by atoms with Gasteiger partial charge >= 0.3 is 5.69 Å². The molecule has 0 fully saturated rings. The molecule has 0 aliphatic carbocycles. The lowest BCUT2D eigenvalue weighted by molar-refractivity contribution is 0.282. The van der Waals surface area contributed by atoms with Crippen molar-refractivity contribution >= 4 is 29.6 Å². The molecule has 1 heterocycles. The molecule has 1 aromatic rings. The van der Waals surface area contributed by atoms with Crippen LogP contribution in [0.15, 0.2) is 9.59 Å². The smallest absolute Gasteiger partial charge is 0.321 e. The van der Waals surface area contributed by atoms with Crippen molar-refractivity contribution in [3.05, 3.63) is 31.6 Å². The molecule has 0 N–H and O–H groups in total. The third-order valence-corrected chi connectivity index (χ3v) is 7.99. The Morgan fingerprint density at radius 3 is 2.48 bits per heavy atom. The Labute approximate surface area is 158 Å². The molecule has 1 unspecified atom stereocenters. The van der Waals surface area contributed by atoms with E-state index in [0.29, 0.717) is 24.8 Å². The Hall–Kier alpha value is -0.490. The van der Waals surface area contributed by atoms with Crippen LogP contribution in [-0.2, 0) is 22.7 Å². The van der Waals surface area contributed by atoms with Crippen LogP contribution in [0.4, 0.5) is 0 Å². The highest BCUT2D eigenvalue weighted by molar-refractivity contribution is 8.56. The lowest BCUT2D eigenvalue weighted by Crippen LogP contribution is -2.39. The number of halogens is 1. The molecule has 0 saturated heterocycles. The van der Waals surface area contributed by atoms with Crippen LogP contribution in [0.2, 0.25) is 5.02 Å². The first-order chi connectivity index (χ1) is 11.6. The van der Waals surface area contributed by atoms with Gasteiger partial charge in [-0.3, -0.25) is 18.5 Å². The van der Waals surface area contributed by atoms with Crippen molar-refractivity contribution in [1.29, 1.82) is 0 Å². The molecule has 0 amide bonds. The molecule has 0 saturated carbocycles. The predicted molar refractivity (Wildman–Crippen MR) is 106 cm³/mol. The van der Waals surface area contributed by atoms with Crippen molar-refractivity contribution in [3.8, 4) is 0 Å². The topological polar surface area (TPSA) is 70.3 Å². The Balaban J connectivity index is 2.44. The zero-order valence-corrected chi connectivity index (χ0v) is 18.0. The number of hydrogen-bond acceptors (Lipinski definition) is 5. The van der Waals surface area contributed by atoms with Crippen LogP contribution >= 0.6 is 29.6 Å². The second-order valence-electron chi connectivity index (χ2n) is 6.55. The molecule has 0 bridgehead atoms. The normalized spacial score (nSPS) is 14.0. The first kappa shape index (κ1) is 22.6. The Morgan fingerprint density at radius 2 is 1.88 bits per heavy atom. The highest BCUT2D eigenvalue weighted by Crippen LogP contribution is 2.56. The van der Waals surface area contributed by atoms with E-state index < -0.39 is 12.1 Å². The first-order valence-corrected chi connectivity index (χ1v) is 12.4. The minimum Gasteiger partial charge on any atom is -0.321 e. The van der Waals surface area contributed by atoms with Crippen LogP contribution in [0.25, 0.3) is 0 Å². The van der Waals surface area contributed by atoms with Gasteiger partial charge in [0, 0.05) is 31.7 Å². The summed E-state index contributed by atoms with van der Waals surface area (Å²) in [5, 5.41) is 0.0897. The summed E-state index contributed by atoms with van der Waals surface area (Å²) in [7, 11) is 1.43. The number of aromatic nitrogens is 2. The fourth-order valence-corrected chi connectivity index (χ4v) is 5.52. The van der Waals surface area contributed by atoms with Crippen molar-refractivity contribution in [2.75, 3.05) is 19.0 Å². The van der Waals surface area contributed by atoms with Gasteiger partial charge in [0.25, 0.3) is 12.1 Å². The van der Waals surface area contributed by atoms with Gasteiger partial charge in [0.05, 0.1) is 6.61 Å². The SMILES string of the molecule is Cc1c(Cl)c(=O)n(C)c(=O)n1CCCCCSP(C)(=O)OCC(C)C. The summed E-state index contributed by atoms with van der Waals surface area (Å²) in [4.78, 5) is 23.9. The van der Waals surface area contributed by atoms with E-state index in [1.807, 2.05) is 13.8 Å². The van der Waals surface area contributed by atoms with E-state index in [1.165, 1.54) is 23.0 Å². The minimum atomic E-state index is -2.58. The largest absolute Gasteiger partial charge is 0.330 e. The van der Waals surface area contributed by atoms with Crippen LogP contribution in [0.1, 0.15) is 38.8 Å². The highest BCUT2D eigenvalue weighted by atomic mass is 35.5. The van der Waals surface area contributed by atoms with Gasteiger partial charge in [0.2, 0.25) is 0 Å². The van der Waals surface area contributed by atoms with Crippen molar-refractivity contribution in [3.63, 3.8) is 0 Å². The highest BCUT2D eigenvalue weighted by Gasteiger charge is 2.17. The molecule has 0 spiro atoms. The fourth-order valence-electron chi connectivity index (χ4n) is 2.20. The van der Waals surface area contributed by atoms with E-state index >= 15 is 0 Å². The molecule has 0 aromatic carbocycles. The van der Waals surface area contributed by atoms with E-state index in [2.05, 4.69) is 0 Å². The van der Waals surface area contributed by atoms with Crippen LogP contribution in [0, 0.1) is 12.8 Å². The zero-order chi connectivity index (χ0) is 19.2. The quantitative estimate of drug-likeness (QED) is 0.432. The van der Waals surface area contributed by atoms with Crippen LogP contribution < -0.4 is 11.2 Å². The van der Waals surface area contributed by atoms with Crippen molar-refractivity contribution in [2.45, 2.75) is 46.6 Å². The van der Waals surface area contributed by atoms with Gasteiger partial charge in [-0.1, -0.05) is 43.3 Å². The van der Waals surface area contributed by atoms with E-state index in [9.17, 15) is 14.2 Å². The molecular weight excluding hydrogens is 383 g/mol. The Kier molecular flexibility index (Phi) is 9.02. The van der Waals surface area contributed by atoms with E-state index in [1.54, 1.807) is 13.6 Å². The maximum Gasteiger partial charge on any atom is 0.330 e. The van der Waals surface area contributed by atoms with E-state index in [-0.39, 0.29) is 10.7 Å². The molecule has 0 radical (unpaired) electrons. The van der Waals surface area contributed by atoms with Crippen molar-refractivity contribution in [2.24, 2.45) is 13.0 Å². The van der Waals surface area contributed by atoms with Gasteiger partial charge in [-0.15, -0.1) is 0 Å². The predicted octanol–water partition coefficient (Wildman–Crippen LogP) is 3.91. The first-order valence-electron chi connectivity index (χ1n) is 8.39. The summed E-state index contributed by atoms with van der Waals surface area (Å²) < 4.78 is 20.2. The van der Waals surface area contributed by atoms with Gasteiger partial charge in [-0.2, -0.15) is 0 Å². The summed E-state index contributed by atoms with van der Waals surface area (Å²) in [6.07, 6.45) is 2.57. The lowest BCUT2D eigenvalue weighted by Gasteiger charge is -2.15. The standard InChI is InChI=1S/C16H28ClN2O4PS/c1-12(2)11-23-24(5,22)25-10-8-6-7-9-19-13(3)14(17)15(20)18(4)16(19)21/h12H,6-11H2,1-5H3. The second kappa shape index (κ2) is 10.0. The molecule has 0 aliphatic rings. The maximum absolute atomic E-state index is 12.2. The molecule has 9 heteroatoms. The Bertz CT molecular complexity index is 745. The number of hydrogen-bond donors (Lipinski definition) is 0. The summed E-state index contributed by atoms with van der Waals surface area (Å²) in [5.41, 5.74) is -0.303. The number of nitrogens with zero attached hydrogens (tertiary/aromatic N) is 2. The summed E-state index contributed by atoms with van der Waals surface area (Å²) >= 11 is 7.36. The molecule has 6 nitrogen and oxygen atoms in total. The second-order valence-corrected chi connectivity index (χ2v) is 12.2. The third kappa shape index (κ3) is 6.97. The minimum absolute atomic E-state index is 0.0897. The third-order valence-electron chi connectivity index (χ3n) is 3.73. The molecular formula is C16H28ClN2O4PS. The van der Waals surface area contributed by atoms with Gasteiger partial charge in [0.1, 0.15) is 5.02 Å². The van der Waals surface area contributed by atoms with Crippen molar-refractivity contribution in [1.82, 2.24) is 9.13 Å². The molecule has 1 aromatic heterocycles. The molecule has 1 rings (SSSR count). The average Bonchev–Trinajstić information content (AvgIpc) is 2.55. The van der Waals surface area contributed by atoms with Gasteiger partial charge in [0.15, 0.2) is 0 Å². The van der Waals surface area contributed by atoms with Gasteiger partial charge in [-0.05, 0) is 25.7 Å². The molecule has 1 atom stereocenters.